The molecule has 4 nitrogen and oxygen atoms in total. The van der Waals surface area contributed by atoms with Gasteiger partial charge in [-0.15, -0.1) is 5.10 Å². The van der Waals surface area contributed by atoms with Crippen LogP contribution in [-0.4, -0.2) is 21.5 Å². The number of rotatable bonds is 4. The highest BCUT2D eigenvalue weighted by Crippen LogP contribution is 2.46. The van der Waals surface area contributed by atoms with Crippen LogP contribution in [0.2, 0.25) is 0 Å². The summed E-state index contributed by atoms with van der Waals surface area (Å²) in [6.07, 6.45) is 5.60. The maximum atomic E-state index is 5.85. The predicted octanol–water partition coefficient (Wildman–Crippen LogP) is 0.733. The average molecular weight is 194 g/mol. The fraction of sp³-hybridized carbons (Fsp3) is 0.800. The summed E-state index contributed by atoms with van der Waals surface area (Å²) in [5.41, 5.74) is 7.14. The van der Waals surface area contributed by atoms with Crippen LogP contribution in [0.4, 0.5) is 0 Å². The lowest BCUT2D eigenvalue weighted by atomic mass is 9.80. The molecule has 2 rings (SSSR count). The molecule has 0 bridgehead atoms. The zero-order chi connectivity index (χ0) is 10.2. The minimum absolute atomic E-state index is 0.232. The Morgan fingerprint density at radius 2 is 2.36 bits per heavy atom. The Hall–Kier alpha value is -0.900. The highest BCUT2D eigenvalue weighted by Gasteiger charge is 2.40. The zero-order valence-corrected chi connectivity index (χ0v) is 8.90. The van der Waals surface area contributed by atoms with Gasteiger partial charge in [0.05, 0.1) is 5.69 Å². The lowest BCUT2D eigenvalue weighted by molar-refractivity contribution is 0.279. The number of hydrogen-bond acceptors (Lipinski definition) is 3. The molecule has 0 amide bonds. The van der Waals surface area contributed by atoms with Crippen molar-refractivity contribution in [2.45, 2.75) is 26.2 Å². The first kappa shape index (κ1) is 9.65. The molecular weight excluding hydrogens is 176 g/mol. The minimum atomic E-state index is 0.232. The van der Waals surface area contributed by atoms with Gasteiger partial charge in [-0.25, -0.2) is 0 Å². The van der Waals surface area contributed by atoms with Gasteiger partial charge in [0.2, 0.25) is 0 Å². The standard InChI is InChI=1S/C10H18N4/c1-10(7-11,8-3-4-8)5-9-6-14(2)13-12-9/h6,8H,3-5,7,11H2,1-2H3. The first-order valence-corrected chi connectivity index (χ1v) is 5.19. The number of aryl methyl sites for hydroxylation is 1. The van der Waals surface area contributed by atoms with Gasteiger partial charge in [-0.1, -0.05) is 12.1 Å². The van der Waals surface area contributed by atoms with Crippen LogP contribution < -0.4 is 5.73 Å². The summed E-state index contributed by atoms with van der Waals surface area (Å²) in [6.45, 7) is 3.01. The molecule has 1 saturated carbocycles. The van der Waals surface area contributed by atoms with Crippen molar-refractivity contribution in [3.8, 4) is 0 Å². The van der Waals surface area contributed by atoms with Crippen LogP contribution >= 0.6 is 0 Å². The van der Waals surface area contributed by atoms with Gasteiger partial charge in [0.15, 0.2) is 0 Å². The van der Waals surface area contributed by atoms with Gasteiger partial charge in [-0.2, -0.15) is 0 Å². The molecule has 78 valence electrons. The molecule has 1 atom stereocenters. The molecule has 1 aromatic rings. The van der Waals surface area contributed by atoms with Crippen LogP contribution in [-0.2, 0) is 13.5 Å². The first-order valence-electron chi connectivity index (χ1n) is 5.19. The van der Waals surface area contributed by atoms with Crippen LogP contribution in [0.5, 0.6) is 0 Å². The third-order valence-electron chi connectivity index (χ3n) is 3.26. The van der Waals surface area contributed by atoms with E-state index in [4.69, 9.17) is 5.73 Å². The monoisotopic (exact) mass is 194 g/mol. The highest BCUT2D eigenvalue weighted by molar-refractivity contribution is 5.03. The van der Waals surface area contributed by atoms with Crippen molar-refractivity contribution >= 4 is 0 Å². The molecule has 2 N–H and O–H groups in total. The van der Waals surface area contributed by atoms with E-state index in [9.17, 15) is 0 Å². The van der Waals surface area contributed by atoms with Crippen LogP contribution in [0, 0.1) is 11.3 Å². The van der Waals surface area contributed by atoms with Crippen molar-refractivity contribution in [1.29, 1.82) is 0 Å². The summed E-state index contributed by atoms with van der Waals surface area (Å²) in [6, 6.07) is 0. The van der Waals surface area contributed by atoms with E-state index in [1.54, 1.807) is 4.68 Å². The maximum absolute atomic E-state index is 5.85. The quantitative estimate of drug-likeness (QED) is 0.769. The summed E-state index contributed by atoms with van der Waals surface area (Å²) in [5, 5.41) is 8.06. The van der Waals surface area contributed by atoms with Gasteiger partial charge in [-0.3, -0.25) is 4.68 Å². The lowest BCUT2D eigenvalue weighted by Crippen LogP contribution is -2.31. The summed E-state index contributed by atoms with van der Waals surface area (Å²) < 4.78 is 1.75. The van der Waals surface area contributed by atoms with Gasteiger partial charge in [0, 0.05) is 13.2 Å². The largest absolute Gasteiger partial charge is 0.330 e. The molecule has 1 aliphatic rings. The molecule has 1 aromatic heterocycles. The van der Waals surface area contributed by atoms with Crippen molar-refractivity contribution in [2.24, 2.45) is 24.1 Å². The SMILES string of the molecule is Cn1cc(CC(C)(CN)C2CC2)nn1. The molecule has 4 heteroatoms. The normalized spacial score (nSPS) is 20.8. The van der Waals surface area contributed by atoms with Crippen molar-refractivity contribution in [2.75, 3.05) is 6.54 Å². The summed E-state index contributed by atoms with van der Waals surface area (Å²) >= 11 is 0. The zero-order valence-electron chi connectivity index (χ0n) is 8.90. The Morgan fingerprint density at radius 1 is 1.64 bits per heavy atom. The Labute approximate surface area is 84.5 Å². The van der Waals surface area contributed by atoms with Gasteiger partial charge < -0.3 is 5.73 Å². The predicted molar refractivity (Wildman–Crippen MR) is 54.6 cm³/mol. The molecule has 1 aliphatic carbocycles. The molecule has 0 spiro atoms. The van der Waals surface area contributed by atoms with Crippen molar-refractivity contribution in [3.05, 3.63) is 11.9 Å². The number of nitrogens with zero attached hydrogens (tertiary/aromatic N) is 3. The minimum Gasteiger partial charge on any atom is -0.330 e. The summed E-state index contributed by atoms with van der Waals surface area (Å²) in [5.74, 6) is 0.800. The Kier molecular flexibility index (Phi) is 2.31. The number of aromatic nitrogens is 3. The van der Waals surface area contributed by atoms with E-state index in [1.807, 2.05) is 13.2 Å². The molecule has 1 fully saturated rings. The lowest BCUT2D eigenvalue weighted by Gasteiger charge is -2.26. The van der Waals surface area contributed by atoms with Crippen molar-refractivity contribution in [1.82, 2.24) is 15.0 Å². The second-order valence-corrected chi connectivity index (χ2v) is 4.69. The second-order valence-electron chi connectivity index (χ2n) is 4.69. The van der Waals surface area contributed by atoms with Gasteiger partial charge in [-0.05, 0) is 37.1 Å². The topological polar surface area (TPSA) is 56.7 Å². The molecule has 0 saturated heterocycles. The van der Waals surface area contributed by atoms with E-state index >= 15 is 0 Å². The Bertz CT molecular complexity index is 316. The first-order chi connectivity index (χ1) is 6.64. The summed E-state index contributed by atoms with van der Waals surface area (Å²) in [7, 11) is 1.90. The fourth-order valence-electron chi connectivity index (χ4n) is 2.05. The summed E-state index contributed by atoms with van der Waals surface area (Å²) in [4.78, 5) is 0. The maximum Gasteiger partial charge on any atom is 0.0833 e. The van der Waals surface area contributed by atoms with Crippen LogP contribution in [0.1, 0.15) is 25.5 Å². The second kappa shape index (κ2) is 3.35. The fourth-order valence-corrected chi connectivity index (χ4v) is 2.05. The number of hydrogen-bond donors (Lipinski definition) is 1. The van der Waals surface area contributed by atoms with Gasteiger partial charge in [0.1, 0.15) is 0 Å². The van der Waals surface area contributed by atoms with E-state index in [0.29, 0.717) is 0 Å². The van der Waals surface area contributed by atoms with Crippen LogP contribution in [0.3, 0.4) is 0 Å². The highest BCUT2D eigenvalue weighted by atomic mass is 15.4. The molecular formula is C10H18N4. The van der Waals surface area contributed by atoms with Crippen LogP contribution in [0.15, 0.2) is 6.20 Å². The molecule has 14 heavy (non-hydrogen) atoms. The molecule has 1 heterocycles. The van der Waals surface area contributed by atoms with E-state index in [0.717, 1.165) is 24.6 Å². The molecule has 0 aliphatic heterocycles. The smallest absolute Gasteiger partial charge is 0.0833 e. The molecule has 1 unspecified atom stereocenters. The van der Waals surface area contributed by atoms with Gasteiger partial charge >= 0.3 is 0 Å². The van der Waals surface area contributed by atoms with E-state index < -0.39 is 0 Å². The molecule has 0 radical (unpaired) electrons. The molecule has 0 aromatic carbocycles. The van der Waals surface area contributed by atoms with E-state index in [2.05, 4.69) is 17.2 Å². The Morgan fingerprint density at radius 3 is 2.79 bits per heavy atom. The number of nitrogens with two attached hydrogens (primary N) is 1. The van der Waals surface area contributed by atoms with Crippen molar-refractivity contribution in [3.63, 3.8) is 0 Å². The van der Waals surface area contributed by atoms with Crippen molar-refractivity contribution < 1.29 is 0 Å². The Balaban J connectivity index is 2.07. The van der Waals surface area contributed by atoms with E-state index in [-0.39, 0.29) is 5.41 Å². The average Bonchev–Trinajstić information content (AvgIpc) is 2.93. The third-order valence-corrected chi connectivity index (χ3v) is 3.26. The van der Waals surface area contributed by atoms with Crippen LogP contribution in [0.25, 0.3) is 0 Å². The third kappa shape index (κ3) is 1.80. The van der Waals surface area contributed by atoms with E-state index in [1.165, 1.54) is 12.8 Å². The van der Waals surface area contributed by atoms with Gasteiger partial charge in [0.25, 0.3) is 0 Å².